The maximum atomic E-state index is 3.96. The van der Waals surface area contributed by atoms with Gasteiger partial charge in [-0.15, -0.1) is 22.7 Å². The lowest BCUT2D eigenvalue weighted by molar-refractivity contribution is 0.993. The van der Waals surface area contributed by atoms with Gasteiger partial charge in [-0.3, -0.25) is 5.10 Å². The van der Waals surface area contributed by atoms with Gasteiger partial charge in [0, 0.05) is 16.0 Å². The van der Waals surface area contributed by atoms with E-state index in [0.29, 0.717) is 0 Å². The van der Waals surface area contributed by atoms with Crippen molar-refractivity contribution in [3.63, 3.8) is 0 Å². The van der Waals surface area contributed by atoms with Gasteiger partial charge in [0.15, 0.2) is 0 Å². The highest BCUT2D eigenvalue weighted by atomic mass is 32.1. The summed E-state index contributed by atoms with van der Waals surface area (Å²) in [4.78, 5) is 2.63. The third-order valence-electron chi connectivity index (χ3n) is 2.46. The van der Waals surface area contributed by atoms with Crippen LogP contribution in [0, 0.1) is 0 Å². The standard InChI is InChI=1S/C12H11N3S2/c1-3-10(16-5-1)12(11-4-2-6-17-11)15-9-7-13-14-8-9/h1-8,12,15H,(H,13,14). The van der Waals surface area contributed by atoms with Crippen LogP contribution in [0.25, 0.3) is 0 Å². The van der Waals surface area contributed by atoms with Gasteiger partial charge in [0.05, 0.1) is 17.9 Å². The Bertz CT molecular complexity index is 506. The van der Waals surface area contributed by atoms with Crippen LogP contribution >= 0.6 is 22.7 Å². The highest BCUT2D eigenvalue weighted by molar-refractivity contribution is 7.11. The van der Waals surface area contributed by atoms with E-state index >= 15 is 0 Å². The van der Waals surface area contributed by atoms with Gasteiger partial charge in [-0.05, 0) is 22.9 Å². The van der Waals surface area contributed by atoms with Crippen molar-refractivity contribution in [3.05, 3.63) is 57.2 Å². The van der Waals surface area contributed by atoms with Gasteiger partial charge in [-0.1, -0.05) is 12.1 Å². The molecule has 3 heterocycles. The Morgan fingerprint density at radius 3 is 2.29 bits per heavy atom. The molecule has 0 fully saturated rings. The molecule has 0 saturated carbocycles. The molecule has 0 amide bonds. The van der Waals surface area contributed by atoms with Gasteiger partial charge >= 0.3 is 0 Å². The Hall–Kier alpha value is -1.59. The van der Waals surface area contributed by atoms with E-state index in [1.165, 1.54) is 9.75 Å². The molecule has 0 aliphatic rings. The molecule has 0 spiro atoms. The fourth-order valence-electron chi connectivity index (χ4n) is 1.69. The van der Waals surface area contributed by atoms with Crippen molar-refractivity contribution in [3.8, 4) is 0 Å². The van der Waals surface area contributed by atoms with Crippen LogP contribution in [0.1, 0.15) is 15.8 Å². The van der Waals surface area contributed by atoms with Crippen molar-refractivity contribution >= 4 is 28.4 Å². The van der Waals surface area contributed by atoms with Crippen molar-refractivity contribution in [2.75, 3.05) is 5.32 Å². The number of hydrogen-bond acceptors (Lipinski definition) is 4. The molecule has 0 atom stereocenters. The third-order valence-corrected chi connectivity index (χ3v) is 4.34. The predicted octanol–water partition coefficient (Wildman–Crippen LogP) is 3.73. The molecule has 3 rings (SSSR count). The minimum Gasteiger partial charge on any atom is -0.370 e. The Balaban J connectivity index is 1.92. The molecule has 0 radical (unpaired) electrons. The van der Waals surface area contributed by atoms with Crippen LogP contribution in [0.2, 0.25) is 0 Å². The molecular weight excluding hydrogens is 250 g/mol. The zero-order valence-corrected chi connectivity index (χ0v) is 10.6. The zero-order chi connectivity index (χ0) is 11.5. The number of rotatable bonds is 4. The molecule has 3 aromatic rings. The van der Waals surface area contributed by atoms with E-state index in [-0.39, 0.29) is 6.04 Å². The summed E-state index contributed by atoms with van der Waals surface area (Å²) in [7, 11) is 0. The van der Waals surface area contributed by atoms with E-state index < -0.39 is 0 Å². The van der Waals surface area contributed by atoms with Crippen LogP contribution in [0.4, 0.5) is 5.69 Å². The van der Waals surface area contributed by atoms with Crippen molar-refractivity contribution in [2.24, 2.45) is 0 Å². The second kappa shape index (κ2) is 4.73. The van der Waals surface area contributed by atoms with Gasteiger partial charge in [-0.2, -0.15) is 5.10 Å². The molecule has 3 nitrogen and oxygen atoms in total. The third kappa shape index (κ3) is 2.25. The summed E-state index contributed by atoms with van der Waals surface area (Å²) in [6, 6.07) is 8.69. The van der Waals surface area contributed by atoms with E-state index in [9.17, 15) is 0 Å². The normalized spacial score (nSPS) is 10.9. The van der Waals surface area contributed by atoms with Crippen LogP contribution in [-0.2, 0) is 0 Å². The van der Waals surface area contributed by atoms with E-state index in [1.54, 1.807) is 28.9 Å². The number of H-pyrrole nitrogens is 1. The number of aromatic nitrogens is 2. The number of anilines is 1. The summed E-state index contributed by atoms with van der Waals surface area (Å²) in [6.07, 6.45) is 3.67. The van der Waals surface area contributed by atoms with Crippen LogP contribution < -0.4 is 5.32 Å². The molecule has 0 aliphatic heterocycles. The maximum Gasteiger partial charge on any atom is 0.0954 e. The minimum atomic E-state index is 0.215. The van der Waals surface area contributed by atoms with Crippen molar-refractivity contribution in [1.82, 2.24) is 10.2 Å². The number of nitrogens with zero attached hydrogens (tertiary/aromatic N) is 1. The van der Waals surface area contributed by atoms with Gasteiger partial charge in [0.2, 0.25) is 0 Å². The second-order valence-corrected chi connectivity index (χ2v) is 5.55. The first-order valence-electron chi connectivity index (χ1n) is 5.25. The SMILES string of the molecule is c1csc(C(Nc2cn[nH]c2)c2cccs2)c1. The molecule has 17 heavy (non-hydrogen) atoms. The smallest absolute Gasteiger partial charge is 0.0954 e. The summed E-state index contributed by atoms with van der Waals surface area (Å²) in [5, 5.41) is 14.5. The van der Waals surface area contributed by atoms with Gasteiger partial charge in [0.1, 0.15) is 0 Å². The quantitative estimate of drug-likeness (QED) is 0.751. The van der Waals surface area contributed by atoms with Gasteiger partial charge in [0.25, 0.3) is 0 Å². The molecule has 5 heteroatoms. The van der Waals surface area contributed by atoms with Crippen LogP contribution in [0.3, 0.4) is 0 Å². The molecule has 0 aromatic carbocycles. The Kier molecular flexibility index (Phi) is 2.94. The van der Waals surface area contributed by atoms with Gasteiger partial charge in [-0.25, -0.2) is 0 Å². The van der Waals surface area contributed by atoms with Crippen molar-refractivity contribution in [1.29, 1.82) is 0 Å². The molecule has 3 aromatic heterocycles. The summed E-state index contributed by atoms with van der Waals surface area (Å²) >= 11 is 3.53. The maximum absolute atomic E-state index is 3.96. The van der Waals surface area contributed by atoms with E-state index in [4.69, 9.17) is 0 Å². The number of hydrogen-bond donors (Lipinski definition) is 2. The lowest BCUT2D eigenvalue weighted by atomic mass is 10.2. The van der Waals surface area contributed by atoms with E-state index in [0.717, 1.165) is 5.69 Å². The monoisotopic (exact) mass is 261 g/mol. The molecule has 0 bridgehead atoms. The lowest BCUT2D eigenvalue weighted by Crippen LogP contribution is -2.08. The highest BCUT2D eigenvalue weighted by Gasteiger charge is 2.16. The minimum absolute atomic E-state index is 0.215. The van der Waals surface area contributed by atoms with E-state index in [1.807, 2.05) is 6.20 Å². The largest absolute Gasteiger partial charge is 0.370 e. The first kappa shape index (κ1) is 10.6. The molecule has 0 unspecified atom stereocenters. The van der Waals surface area contributed by atoms with Crippen molar-refractivity contribution < 1.29 is 0 Å². The first-order valence-corrected chi connectivity index (χ1v) is 7.01. The van der Waals surface area contributed by atoms with Crippen LogP contribution in [0.5, 0.6) is 0 Å². The predicted molar refractivity (Wildman–Crippen MR) is 72.7 cm³/mol. The Morgan fingerprint density at radius 2 is 1.82 bits per heavy atom. The summed E-state index contributed by atoms with van der Waals surface area (Å²) in [5.74, 6) is 0. The molecule has 0 saturated heterocycles. The first-order chi connectivity index (χ1) is 8.43. The Labute approximate surface area is 107 Å². The fraction of sp³-hybridized carbons (Fsp3) is 0.0833. The lowest BCUT2D eigenvalue weighted by Gasteiger charge is -2.15. The average molecular weight is 261 g/mol. The summed E-state index contributed by atoms with van der Waals surface area (Å²) in [6.45, 7) is 0. The average Bonchev–Trinajstić information content (AvgIpc) is 3.09. The molecule has 2 N–H and O–H groups in total. The topological polar surface area (TPSA) is 40.7 Å². The highest BCUT2D eigenvalue weighted by Crippen LogP contribution is 2.31. The number of thiophene rings is 2. The second-order valence-electron chi connectivity index (χ2n) is 3.60. The fourth-order valence-corrected chi connectivity index (χ4v) is 3.35. The zero-order valence-electron chi connectivity index (χ0n) is 8.96. The van der Waals surface area contributed by atoms with Gasteiger partial charge < -0.3 is 5.32 Å². The molecule has 86 valence electrons. The van der Waals surface area contributed by atoms with Crippen LogP contribution in [-0.4, -0.2) is 10.2 Å². The Morgan fingerprint density at radius 1 is 1.12 bits per heavy atom. The molecular formula is C12H11N3S2. The number of nitrogens with one attached hydrogen (secondary N) is 2. The van der Waals surface area contributed by atoms with Crippen molar-refractivity contribution in [2.45, 2.75) is 6.04 Å². The number of aromatic amines is 1. The van der Waals surface area contributed by atoms with Crippen LogP contribution in [0.15, 0.2) is 47.4 Å². The summed E-state index contributed by atoms with van der Waals surface area (Å²) < 4.78 is 0. The molecule has 0 aliphatic carbocycles. The van der Waals surface area contributed by atoms with E-state index in [2.05, 4.69) is 50.5 Å². The summed E-state index contributed by atoms with van der Waals surface area (Å²) in [5.41, 5.74) is 1.01.